The average Bonchev–Trinajstić information content (AvgIpc) is 2.80. The van der Waals surface area contributed by atoms with Gasteiger partial charge in [-0.2, -0.15) is 0 Å². The van der Waals surface area contributed by atoms with Crippen molar-refractivity contribution in [1.82, 2.24) is 20.2 Å². The van der Waals surface area contributed by atoms with Crippen LogP contribution < -0.4 is 5.73 Å². The van der Waals surface area contributed by atoms with Crippen LogP contribution in [0.15, 0.2) is 22.7 Å². The van der Waals surface area contributed by atoms with E-state index in [9.17, 15) is 0 Å². The van der Waals surface area contributed by atoms with Gasteiger partial charge in [0.25, 0.3) is 0 Å². The Balaban J connectivity index is 2.42. The molecule has 1 aromatic carbocycles. The molecule has 2 N–H and O–H groups in total. The minimum atomic E-state index is -0.350. The smallest absolute Gasteiger partial charge is 0.183 e. The maximum atomic E-state index is 5.88. The van der Waals surface area contributed by atoms with Crippen LogP contribution in [-0.2, 0) is 11.3 Å². The SMILES string of the molecule is COC(C)(C)Cn1nnnc1-c1cccc(N)c1Br. The predicted molar refractivity (Wildman–Crippen MR) is 76.5 cm³/mol. The molecule has 2 rings (SSSR count). The number of tetrazole rings is 1. The van der Waals surface area contributed by atoms with E-state index in [1.165, 1.54) is 0 Å². The number of benzene rings is 1. The molecule has 6 nitrogen and oxygen atoms in total. The van der Waals surface area contributed by atoms with Gasteiger partial charge in [-0.1, -0.05) is 6.07 Å². The normalized spacial score (nSPS) is 11.8. The molecular formula is C12H16BrN5O. The van der Waals surface area contributed by atoms with Crippen LogP contribution in [0.5, 0.6) is 0 Å². The highest BCUT2D eigenvalue weighted by atomic mass is 79.9. The molecule has 0 fully saturated rings. The lowest BCUT2D eigenvalue weighted by Crippen LogP contribution is -2.30. The van der Waals surface area contributed by atoms with E-state index in [1.807, 2.05) is 32.0 Å². The average molecular weight is 326 g/mol. The van der Waals surface area contributed by atoms with Crippen molar-refractivity contribution in [3.63, 3.8) is 0 Å². The molecule has 19 heavy (non-hydrogen) atoms. The Hall–Kier alpha value is -1.47. The first-order chi connectivity index (χ1) is 8.94. The van der Waals surface area contributed by atoms with Gasteiger partial charge < -0.3 is 10.5 Å². The van der Waals surface area contributed by atoms with Crippen molar-refractivity contribution in [3.05, 3.63) is 22.7 Å². The fraction of sp³-hybridized carbons (Fsp3) is 0.417. The highest BCUT2D eigenvalue weighted by Gasteiger charge is 2.22. The number of hydrogen-bond acceptors (Lipinski definition) is 5. The molecule has 2 aromatic rings. The molecule has 1 heterocycles. The summed E-state index contributed by atoms with van der Waals surface area (Å²) in [4.78, 5) is 0. The maximum Gasteiger partial charge on any atom is 0.183 e. The molecule has 0 aliphatic rings. The van der Waals surface area contributed by atoms with E-state index in [2.05, 4.69) is 31.5 Å². The highest BCUT2D eigenvalue weighted by Crippen LogP contribution is 2.31. The first-order valence-corrected chi connectivity index (χ1v) is 6.59. The Labute approximate surface area is 120 Å². The van der Waals surface area contributed by atoms with Gasteiger partial charge >= 0.3 is 0 Å². The number of hydrogen-bond donors (Lipinski definition) is 1. The Kier molecular flexibility index (Phi) is 3.86. The molecule has 1 aromatic heterocycles. The van der Waals surface area contributed by atoms with Gasteiger partial charge in [-0.3, -0.25) is 0 Å². The molecule has 0 atom stereocenters. The largest absolute Gasteiger partial charge is 0.398 e. The van der Waals surface area contributed by atoms with Crippen LogP contribution in [-0.4, -0.2) is 32.9 Å². The van der Waals surface area contributed by atoms with Crippen LogP contribution in [0.25, 0.3) is 11.4 Å². The lowest BCUT2D eigenvalue weighted by molar-refractivity contribution is 0.00538. The molecule has 102 valence electrons. The van der Waals surface area contributed by atoms with Crippen molar-refractivity contribution in [2.75, 3.05) is 12.8 Å². The van der Waals surface area contributed by atoms with Crippen LogP contribution in [0.1, 0.15) is 13.8 Å². The minimum Gasteiger partial charge on any atom is -0.398 e. The maximum absolute atomic E-state index is 5.88. The quantitative estimate of drug-likeness (QED) is 0.871. The van der Waals surface area contributed by atoms with Gasteiger partial charge in [-0.25, -0.2) is 4.68 Å². The van der Waals surface area contributed by atoms with E-state index in [1.54, 1.807) is 11.8 Å². The summed E-state index contributed by atoms with van der Waals surface area (Å²) >= 11 is 3.47. The van der Waals surface area contributed by atoms with Crippen LogP contribution >= 0.6 is 15.9 Å². The number of nitrogens with two attached hydrogens (primary N) is 1. The molecule has 0 saturated heterocycles. The summed E-state index contributed by atoms with van der Waals surface area (Å²) in [6.45, 7) is 4.51. The summed E-state index contributed by atoms with van der Waals surface area (Å²) < 4.78 is 7.91. The summed E-state index contributed by atoms with van der Waals surface area (Å²) in [5, 5.41) is 11.8. The second kappa shape index (κ2) is 5.26. The molecule has 0 radical (unpaired) electrons. The topological polar surface area (TPSA) is 78.8 Å². The number of methoxy groups -OCH3 is 1. The molecule has 0 amide bonds. The van der Waals surface area contributed by atoms with E-state index in [0.29, 0.717) is 18.1 Å². The predicted octanol–water partition coefficient (Wildman–Crippen LogP) is 2.11. The zero-order chi connectivity index (χ0) is 14.0. The van der Waals surface area contributed by atoms with E-state index in [4.69, 9.17) is 10.5 Å². The Morgan fingerprint density at radius 1 is 1.42 bits per heavy atom. The first-order valence-electron chi connectivity index (χ1n) is 5.80. The molecule has 0 aliphatic carbocycles. The van der Waals surface area contributed by atoms with Crippen LogP contribution in [0.2, 0.25) is 0 Å². The molecule has 7 heteroatoms. The van der Waals surface area contributed by atoms with Crippen LogP contribution in [0, 0.1) is 0 Å². The number of nitrogens with zero attached hydrogens (tertiary/aromatic N) is 4. The second-order valence-corrected chi connectivity index (χ2v) is 5.63. The minimum absolute atomic E-state index is 0.350. The van der Waals surface area contributed by atoms with E-state index < -0.39 is 0 Å². The van der Waals surface area contributed by atoms with Gasteiger partial charge in [-0.05, 0) is 52.3 Å². The Morgan fingerprint density at radius 3 is 2.84 bits per heavy atom. The van der Waals surface area contributed by atoms with Crippen LogP contribution in [0.4, 0.5) is 5.69 Å². The molecular weight excluding hydrogens is 310 g/mol. The van der Waals surface area contributed by atoms with Crippen molar-refractivity contribution in [1.29, 1.82) is 0 Å². The highest BCUT2D eigenvalue weighted by molar-refractivity contribution is 9.10. The Morgan fingerprint density at radius 2 is 2.16 bits per heavy atom. The van der Waals surface area contributed by atoms with Crippen molar-refractivity contribution < 1.29 is 4.74 Å². The van der Waals surface area contributed by atoms with Gasteiger partial charge in [0.2, 0.25) is 0 Å². The van der Waals surface area contributed by atoms with Gasteiger partial charge in [0.15, 0.2) is 5.82 Å². The zero-order valence-electron chi connectivity index (χ0n) is 11.1. The molecule has 0 aliphatic heterocycles. The van der Waals surface area contributed by atoms with Gasteiger partial charge in [0.05, 0.1) is 16.6 Å². The number of aromatic nitrogens is 4. The van der Waals surface area contributed by atoms with Crippen molar-refractivity contribution in [2.45, 2.75) is 26.0 Å². The van der Waals surface area contributed by atoms with Crippen molar-refractivity contribution in [2.24, 2.45) is 0 Å². The molecule has 0 unspecified atom stereocenters. The summed E-state index contributed by atoms with van der Waals surface area (Å²) in [5.74, 6) is 0.657. The number of anilines is 1. The van der Waals surface area contributed by atoms with Gasteiger partial charge in [-0.15, -0.1) is 5.10 Å². The summed E-state index contributed by atoms with van der Waals surface area (Å²) in [7, 11) is 1.67. The molecule has 0 spiro atoms. The van der Waals surface area contributed by atoms with Gasteiger partial charge in [0.1, 0.15) is 0 Å². The third kappa shape index (κ3) is 2.93. The van der Waals surface area contributed by atoms with E-state index >= 15 is 0 Å². The third-order valence-corrected chi connectivity index (χ3v) is 3.77. The molecule has 0 bridgehead atoms. The number of ether oxygens (including phenoxy) is 1. The van der Waals surface area contributed by atoms with Crippen molar-refractivity contribution in [3.8, 4) is 11.4 Å². The van der Waals surface area contributed by atoms with E-state index in [-0.39, 0.29) is 5.60 Å². The first kappa shape index (κ1) is 14.0. The number of halogens is 1. The summed E-state index contributed by atoms with van der Waals surface area (Å²) in [6.07, 6.45) is 0. The standard InChI is InChI=1S/C12H16BrN5O/c1-12(2,19-3)7-18-11(15-16-17-18)8-5-4-6-9(14)10(8)13/h4-6H,7,14H2,1-3H3. The summed E-state index contributed by atoms with van der Waals surface area (Å²) in [5.41, 5.74) is 7.04. The lowest BCUT2D eigenvalue weighted by atomic mass is 10.1. The monoisotopic (exact) mass is 325 g/mol. The van der Waals surface area contributed by atoms with E-state index in [0.717, 1.165) is 10.0 Å². The number of rotatable bonds is 4. The van der Waals surface area contributed by atoms with Gasteiger partial charge in [0, 0.05) is 18.4 Å². The Bertz CT molecular complexity index is 581. The lowest BCUT2D eigenvalue weighted by Gasteiger charge is -2.22. The third-order valence-electron chi connectivity index (χ3n) is 2.88. The fourth-order valence-electron chi connectivity index (χ4n) is 1.65. The molecule has 0 saturated carbocycles. The number of nitrogen functional groups attached to an aromatic ring is 1. The van der Waals surface area contributed by atoms with Crippen LogP contribution in [0.3, 0.4) is 0 Å². The second-order valence-electron chi connectivity index (χ2n) is 4.83. The fourth-order valence-corrected chi connectivity index (χ4v) is 2.09. The summed E-state index contributed by atoms with van der Waals surface area (Å²) in [6, 6.07) is 5.61. The van der Waals surface area contributed by atoms with Crippen molar-refractivity contribution >= 4 is 21.6 Å². The zero-order valence-corrected chi connectivity index (χ0v) is 12.7.